The van der Waals surface area contributed by atoms with Gasteiger partial charge in [-0.3, -0.25) is 9.48 Å². The Bertz CT molecular complexity index is 653. The predicted octanol–water partition coefficient (Wildman–Crippen LogP) is 3.50. The van der Waals surface area contributed by atoms with Gasteiger partial charge in [-0.05, 0) is 32.0 Å². The van der Waals surface area contributed by atoms with Gasteiger partial charge >= 0.3 is 0 Å². The molecule has 2 rings (SSSR count). The van der Waals surface area contributed by atoms with Crippen LogP contribution in [0, 0.1) is 5.82 Å². The number of aromatic nitrogens is 2. The quantitative estimate of drug-likeness (QED) is 0.811. The van der Waals surface area contributed by atoms with Crippen LogP contribution in [0.5, 0.6) is 5.75 Å². The van der Waals surface area contributed by atoms with Crippen molar-refractivity contribution in [3.8, 4) is 5.75 Å². The molecule has 0 N–H and O–H groups in total. The van der Waals surface area contributed by atoms with Crippen LogP contribution in [0.25, 0.3) is 0 Å². The lowest BCUT2D eigenvalue weighted by Crippen LogP contribution is -2.14. The largest absolute Gasteiger partial charge is 0.494 e. The van der Waals surface area contributed by atoms with Gasteiger partial charge in [0.15, 0.2) is 11.6 Å². The molecule has 0 aliphatic heterocycles. The molecule has 1 aromatic heterocycles. The van der Waals surface area contributed by atoms with Crippen molar-refractivity contribution in [3.05, 3.63) is 46.5 Å². The highest BCUT2D eigenvalue weighted by Crippen LogP contribution is 2.24. The SMILES string of the molecule is COc1ccc(C(=O)c2c(Cl)cnn2C(C)C)cc1F. The van der Waals surface area contributed by atoms with Crippen molar-refractivity contribution in [2.45, 2.75) is 19.9 Å². The third kappa shape index (κ3) is 2.54. The monoisotopic (exact) mass is 296 g/mol. The van der Waals surface area contributed by atoms with Crippen LogP contribution in [0.1, 0.15) is 35.9 Å². The topological polar surface area (TPSA) is 44.1 Å². The van der Waals surface area contributed by atoms with Gasteiger partial charge in [0, 0.05) is 11.6 Å². The van der Waals surface area contributed by atoms with E-state index in [4.69, 9.17) is 16.3 Å². The molecule has 20 heavy (non-hydrogen) atoms. The van der Waals surface area contributed by atoms with Crippen LogP contribution < -0.4 is 4.74 Å². The Kier molecular flexibility index (Phi) is 4.09. The van der Waals surface area contributed by atoms with Crippen LogP contribution in [0.2, 0.25) is 5.02 Å². The first kappa shape index (κ1) is 14.5. The van der Waals surface area contributed by atoms with E-state index < -0.39 is 5.82 Å². The van der Waals surface area contributed by atoms with Gasteiger partial charge in [0.05, 0.1) is 18.3 Å². The summed E-state index contributed by atoms with van der Waals surface area (Å²) in [6.07, 6.45) is 1.41. The van der Waals surface area contributed by atoms with Crippen molar-refractivity contribution < 1.29 is 13.9 Å². The van der Waals surface area contributed by atoms with E-state index in [0.29, 0.717) is 0 Å². The average Bonchev–Trinajstić information content (AvgIpc) is 2.80. The first-order chi connectivity index (χ1) is 9.45. The number of hydrogen-bond donors (Lipinski definition) is 0. The Morgan fingerprint density at radius 1 is 1.45 bits per heavy atom. The summed E-state index contributed by atoms with van der Waals surface area (Å²) in [5.41, 5.74) is 0.457. The second kappa shape index (κ2) is 5.63. The zero-order valence-electron chi connectivity index (χ0n) is 11.4. The highest BCUT2D eigenvalue weighted by Gasteiger charge is 2.21. The molecule has 0 saturated carbocycles. The van der Waals surface area contributed by atoms with Crippen molar-refractivity contribution in [2.24, 2.45) is 0 Å². The van der Waals surface area contributed by atoms with Gasteiger partial charge in [-0.15, -0.1) is 0 Å². The minimum atomic E-state index is -0.593. The molecule has 1 heterocycles. The van der Waals surface area contributed by atoms with E-state index in [2.05, 4.69) is 5.10 Å². The summed E-state index contributed by atoms with van der Waals surface area (Å²) in [6.45, 7) is 3.77. The molecule has 0 fully saturated rings. The average molecular weight is 297 g/mol. The van der Waals surface area contributed by atoms with E-state index in [-0.39, 0.29) is 33.9 Å². The fourth-order valence-corrected chi connectivity index (χ4v) is 2.11. The third-order valence-electron chi connectivity index (χ3n) is 2.87. The number of nitrogens with zero attached hydrogens (tertiary/aromatic N) is 2. The summed E-state index contributed by atoms with van der Waals surface area (Å²) in [6, 6.07) is 4.02. The van der Waals surface area contributed by atoms with Gasteiger partial charge in [0.2, 0.25) is 5.78 Å². The lowest BCUT2D eigenvalue weighted by atomic mass is 10.1. The van der Waals surface area contributed by atoms with E-state index in [1.807, 2.05) is 13.8 Å². The highest BCUT2D eigenvalue weighted by atomic mass is 35.5. The first-order valence-electron chi connectivity index (χ1n) is 6.07. The van der Waals surface area contributed by atoms with E-state index in [9.17, 15) is 9.18 Å². The second-order valence-corrected chi connectivity index (χ2v) is 4.97. The van der Waals surface area contributed by atoms with E-state index in [1.165, 1.54) is 30.1 Å². The Morgan fingerprint density at radius 3 is 2.70 bits per heavy atom. The number of benzene rings is 1. The standard InChI is InChI=1S/C14H14ClFN2O2/c1-8(2)18-13(10(15)7-17-18)14(19)9-4-5-12(20-3)11(16)6-9/h4-8H,1-3H3. The van der Waals surface area contributed by atoms with Gasteiger partial charge in [-0.2, -0.15) is 5.10 Å². The zero-order valence-corrected chi connectivity index (χ0v) is 12.1. The maximum Gasteiger partial charge on any atom is 0.212 e. The minimum Gasteiger partial charge on any atom is -0.494 e. The number of halogens is 2. The molecule has 0 spiro atoms. The highest BCUT2D eigenvalue weighted by molar-refractivity contribution is 6.34. The molecule has 4 nitrogen and oxygen atoms in total. The predicted molar refractivity (Wildman–Crippen MR) is 74.0 cm³/mol. The normalized spacial score (nSPS) is 10.9. The van der Waals surface area contributed by atoms with Crippen LogP contribution in [-0.4, -0.2) is 22.7 Å². The second-order valence-electron chi connectivity index (χ2n) is 4.56. The van der Waals surface area contributed by atoms with Crippen molar-refractivity contribution in [1.82, 2.24) is 9.78 Å². The molecule has 0 unspecified atom stereocenters. The summed E-state index contributed by atoms with van der Waals surface area (Å²) in [7, 11) is 1.37. The number of ether oxygens (including phenoxy) is 1. The van der Waals surface area contributed by atoms with Crippen LogP contribution in [-0.2, 0) is 0 Å². The fraction of sp³-hybridized carbons (Fsp3) is 0.286. The number of hydrogen-bond acceptors (Lipinski definition) is 3. The van der Waals surface area contributed by atoms with Crippen molar-refractivity contribution in [1.29, 1.82) is 0 Å². The van der Waals surface area contributed by atoms with Gasteiger partial charge < -0.3 is 4.74 Å². The lowest BCUT2D eigenvalue weighted by Gasteiger charge is -2.11. The molecule has 0 bridgehead atoms. The first-order valence-corrected chi connectivity index (χ1v) is 6.44. The molecule has 2 aromatic rings. The molecule has 0 atom stereocenters. The van der Waals surface area contributed by atoms with Gasteiger partial charge in [-0.1, -0.05) is 11.6 Å². The smallest absolute Gasteiger partial charge is 0.212 e. The Morgan fingerprint density at radius 2 is 2.15 bits per heavy atom. The molecule has 6 heteroatoms. The number of carbonyl (C=O) groups excluding carboxylic acids is 1. The summed E-state index contributed by atoms with van der Waals surface area (Å²) in [5.74, 6) is -0.877. The summed E-state index contributed by atoms with van der Waals surface area (Å²) >= 11 is 6.01. The fourth-order valence-electron chi connectivity index (χ4n) is 1.89. The van der Waals surface area contributed by atoms with Crippen LogP contribution in [0.3, 0.4) is 0 Å². The van der Waals surface area contributed by atoms with Gasteiger partial charge in [0.1, 0.15) is 5.69 Å². The summed E-state index contributed by atoms with van der Waals surface area (Å²) < 4.78 is 20.0. The van der Waals surface area contributed by atoms with Crippen molar-refractivity contribution >= 4 is 17.4 Å². The Hall–Kier alpha value is -1.88. The van der Waals surface area contributed by atoms with Crippen LogP contribution >= 0.6 is 11.6 Å². The number of carbonyl (C=O) groups is 1. The van der Waals surface area contributed by atoms with E-state index >= 15 is 0 Å². The summed E-state index contributed by atoms with van der Waals surface area (Å²) in [5, 5.41) is 4.31. The molecule has 1 aromatic carbocycles. The zero-order chi connectivity index (χ0) is 14.9. The van der Waals surface area contributed by atoms with Gasteiger partial charge in [-0.25, -0.2) is 4.39 Å². The van der Waals surface area contributed by atoms with E-state index in [1.54, 1.807) is 0 Å². The van der Waals surface area contributed by atoms with Crippen molar-refractivity contribution in [2.75, 3.05) is 7.11 Å². The molecular weight excluding hydrogens is 283 g/mol. The van der Waals surface area contributed by atoms with Crippen molar-refractivity contribution in [3.63, 3.8) is 0 Å². The molecule has 106 valence electrons. The Labute approximate surface area is 121 Å². The van der Waals surface area contributed by atoms with Crippen LogP contribution in [0.15, 0.2) is 24.4 Å². The molecule has 0 saturated heterocycles. The molecule has 0 aliphatic rings. The Balaban J connectivity index is 2.46. The van der Waals surface area contributed by atoms with E-state index in [0.717, 1.165) is 6.07 Å². The van der Waals surface area contributed by atoms with Gasteiger partial charge in [0.25, 0.3) is 0 Å². The maximum absolute atomic E-state index is 13.7. The van der Waals surface area contributed by atoms with Crippen LogP contribution in [0.4, 0.5) is 4.39 Å². The molecule has 0 radical (unpaired) electrons. The number of methoxy groups -OCH3 is 1. The maximum atomic E-state index is 13.7. The number of ketones is 1. The summed E-state index contributed by atoms with van der Waals surface area (Å²) in [4.78, 5) is 12.5. The third-order valence-corrected chi connectivity index (χ3v) is 3.15. The molecular formula is C14H14ClFN2O2. The molecule has 0 amide bonds. The number of rotatable bonds is 4. The lowest BCUT2D eigenvalue weighted by molar-refractivity contribution is 0.102. The molecule has 0 aliphatic carbocycles. The minimum absolute atomic E-state index is 0.0236.